The van der Waals surface area contributed by atoms with Crippen molar-refractivity contribution in [2.45, 2.75) is 50.6 Å². The van der Waals surface area contributed by atoms with Crippen molar-refractivity contribution >= 4 is 30.5 Å². The molecule has 1 saturated heterocycles. The third kappa shape index (κ3) is 6.60. The van der Waals surface area contributed by atoms with Crippen molar-refractivity contribution in [2.24, 2.45) is 17.4 Å². The number of phosphoric acid groups is 1. The molecule has 0 spiro atoms. The summed E-state index contributed by atoms with van der Waals surface area (Å²) in [7, 11) is -4.27. The maximum absolute atomic E-state index is 13.3. The first-order valence-corrected chi connectivity index (χ1v) is 14.3. The average molecular weight is 550 g/mol. The van der Waals surface area contributed by atoms with E-state index in [1.54, 1.807) is 13.8 Å². The number of esters is 2. The summed E-state index contributed by atoms with van der Waals surface area (Å²) in [5.74, 6) is -0.964. The lowest BCUT2D eigenvalue weighted by molar-refractivity contribution is -0.155. The Morgan fingerprint density at radius 1 is 0.974 bits per heavy atom. The predicted octanol–water partition coefficient (Wildman–Crippen LogP) is 3.00. The molecule has 208 valence electrons. The molecular formula is C26H36N3O8P. The molecule has 1 heterocycles. The van der Waals surface area contributed by atoms with E-state index in [1.807, 2.05) is 17.0 Å². The van der Waals surface area contributed by atoms with E-state index in [0.29, 0.717) is 18.8 Å². The third-order valence-electron chi connectivity index (χ3n) is 7.25. The largest absolute Gasteiger partial charge is 0.481 e. The molecule has 4 rings (SSSR count). The van der Waals surface area contributed by atoms with Crippen molar-refractivity contribution in [1.29, 1.82) is 0 Å². The molecule has 2 fully saturated rings. The summed E-state index contributed by atoms with van der Waals surface area (Å²) >= 11 is 0. The lowest BCUT2D eigenvalue weighted by atomic mass is 9.93. The zero-order valence-corrected chi connectivity index (χ0v) is 22.6. The van der Waals surface area contributed by atoms with Crippen LogP contribution in [0.5, 0.6) is 0 Å². The van der Waals surface area contributed by atoms with E-state index in [2.05, 4.69) is 30.3 Å². The van der Waals surface area contributed by atoms with Crippen LogP contribution < -0.4 is 11.5 Å². The number of carbonyl (C=O) groups excluding carboxylic acids is 2. The first kappa shape index (κ1) is 28.6. The molecule has 2 aromatic rings. The molecule has 0 aromatic heterocycles. The van der Waals surface area contributed by atoms with Gasteiger partial charge in [0.25, 0.3) is 0 Å². The molecular weight excluding hydrogens is 513 g/mol. The van der Waals surface area contributed by atoms with Crippen LogP contribution in [0.4, 0.5) is 0 Å². The highest BCUT2D eigenvalue weighted by Gasteiger charge is 2.60. The van der Waals surface area contributed by atoms with E-state index in [1.165, 1.54) is 16.3 Å². The molecule has 4 atom stereocenters. The number of phosphoric ester groups is 1. The van der Waals surface area contributed by atoms with Crippen LogP contribution in [0.2, 0.25) is 0 Å². The van der Waals surface area contributed by atoms with Gasteiger partial charge in [0.2, 0.25) is 13.6 Å². The molecule has 0 bridgehead atoms. The number of carbonyl (C=O) groups is 2. The highest BCUT2D eigenvalue weighted by Crippen LogP contribution is 2.60. The zero-order chi connectivity index (χ0) is 27.3. The average Bonchev–Trinajstić information content (AvgIpc) is 3.51. The van der Waals surface area contributed by atoms with Crippen molar-refractivity contribution in [3.63, 3.8) is 0 Å². The van der Waals surface area contributed by atoms with Gasteiger partial charge in [0.1, 0.15) is 18.8 Å². The van der Waals surface area contributed by atoms with Gasteiger partial charge < -0.3 is 20.9 Å². The standard InChI is InChI=1S/C26H36N3O8P/c1-3-22(27)24(30)33-16-36-38(32,37-17-34-25(31)23(28)4-2)35-15-29-13-21-12-26(21,14-29)20-10-9-18-7-5-6-8-19(18)11-20/h5-11,21-23H,3-4,12-17,27-28H2,1-2H3/t21-,22-,23-,26+/m1/s1. The number of piperidine rings is 1. The van der Waals surface area contributed by atoms with Crippen LogP contribution in [0.15, 0.2) is 42.5 Å². The maximum atomic E-state index is 13.3. The van der Waals surface area contributed by atoms with E-state index >= 15 is 0 Å². The van der Waals surface area contributed by atoms with Crippen molar-refractivity contribution < 1.29 is 37.2 Å². The molecule has 1 aliphatic carbocycles. The van der Waals surface area contributed by atoms with Crippen LogP contribution in [0.25, 0.3) is 10.8 Å². The second-order valence-electron chi connectivity index (χ2n) is 9.79. The van der Waals surface area contributed by atoms with Crippen LogP contribution in [0.1, 0.15) is 38.7 Å². The van der Waals surface area contributed by atoms with Gasteiger partial charge in [-0.05, 0) is 41.5 Å². The Morgan fingerprint density at radius 3 is 2.18 bits per heavy atom. The number of nitrogens with zero attached hydrogens (tertiary/aromatic N) is 1. The minimum Gasteiger partial charge on any atom is -0.437 e. The molecule has 0 amide bonds. The second kappa shape index (κ2) is 12.2. The molecule has 38 heavy (non-hydrogen) atoms. The summed E-state index contributed by atoms with van der Waals surface area (Å²) in [5, 5.41) is 2.39. The summed E-state index contributed by atoms with van der Waals surface area (Å²) in [5.41, 5.74) is 12.6. The third-order valence-corrected chi connectivity index (χ3v) is 8.52. The summed E-state index contributed by atoms with van der Waals surface area (Å²) in [6.45, 7) is 3.49. The van der Waals surface area contributed by atoms with Crippen molar-refractivity contribution in [3.8, 4) is 0 Å². The van der Waals surface area contributed by atoms with E-state index in [-0.39, 0.29) is 12.1 Å². The van der Waals surface area contributed by atoms with E-state index in [4.69, 9.17) is 34.5 Å². The van der Waals surface area contributed by atoms with Crippen LogP contribution in [-0.2, 0) is 42.6 Å². The fourth-order valence-corrected chi connectivity index (χ4v) is 5.63. The van der Waals surface area contributed by atoms with Crippen LogP contribution in [-0.4, -0.2) is 62.3 Å². The topological polar surface area (TPSA) is 153 Å². The molecule has 2 aromatic carbocycles. The number of hydrogen-bond donors (Lipinski definition) is 2. The number of benzene rings is 2. The first-order chi connectivity index (χ1) is 18.2. The van der Waals surface area contributed by atoms with Gasteiger partial charge in [0.05, 0.1) is 0 Å². The van der Waals surface area contributed by atoms with E-state index in [9.17, 15) is 14.2 Å². The fraction of sp³-hybridized carbons (Fsp3) is 0.538. The van der Waals surface area contributed by atoms with Crippen LogP contribution >= 0.6 is 7.82 Å². The Labute approximate surface area is 222 Å². The fourth-order valence-electron chi connectivity index (χ4n) is 4.74. The summed E-state index contributed by atoms with van der Waals surface area (Å²) in [4.78, 5) is 25.7. The Hall–Kier alpha value is -2.37. The first-order valence-electron chi connectivity index (χ1n) is 12.8. The highest BCUT2D eigenvalue weighted by atomic mass is 31.2. The van der Waals surface area contributed by atoms with Crippen molar-refractivity contribution in [1.82, 2.24) is 4.90 Å². The van der Waals surface area contributed by atoms with Gasteiger partial charge >= 0.3 is 19.8 Å². The SMILES string of the molecule is CC[C@@H](N)C(=O)OCOP(=O)(OCOC(=O)[C@H](N)CC)OCN1C[C@H]2C[C@@]2(c2ccc3ccccc3c2)C1. The van der Waals surface area contributed by atoms with Crippen molar-refractivity contribution in [3.05, 3.63) is 48.0 Å². The van der Waals surface area contributed by atoms with Gasteiger partial charge in [0.15, 0.2) is 0 Å². The summed E-state index contributed by atoms with van der Waals surface area (Å²) in [6.07, 6.45) is 1.81. The molecule has 1 aliphatic heterocycles. The number of hydrogen-bond acceptors (Lipinski definition) is 11. The van der Waals surface area contributed by atoms with Crippen LogP contribution in [0, 0.1) is 5.92 Å². The molecule has 0 unspecified atom stereocenters. The number of fused-ring (bicyclic) bond motifs is 2. The van der Waals surface area contributed by atoms with E-state index < -0.39 is 45.4 Å². The maximum Gasteiger partial charge on any atom is 0.481 e. The monoisotopic (exact) mass is 549 g/mol. The summed E-state index contributed by atoms with van der Waals surface area (Å²) < 4.78 is 39.0. The van der Waals surface area contributed by atoms with E-state index in [0.717, 1.165) is 19.5 Å². The lowest BCUT2D eigenvalue weighted by Gasteiger charge is -2.24. The Bertz CT molecular complexity index is 1160. The van der Waals surface area contributed by atoms with Crippen LogP contribution in [0.3, 0.4) is 0 Å². The normalized spacial score (nSPS) is 22.6. The van der Waals surface area contributed by atoms with Gasteiger partial charge in [-0.3, -0.25) is 19.0 Å². The quantitative estimate of drug-likeness (QED) is 0.203. The minimum absolute atomic E-state index is 0.0245. The van der Waals surface area contributed by atoms with Gasteiger partial charge in [-0.1, -0.05) is 56.3 Å². The summed E-state index contributed by atoms with van der Waals surface area (Å²) in [6, 6.07) is 13.1. The Kier molecular flexibility index (Phi) is 9.20. The molecule has 4 N–H and O–H groups in total. The highest BCUT2D eigenvalue weighted by molar-refractivity contribution is 7.48. The molecule has 2 aliphatic rings. The van der Waals surface area contributed by atoms with Gasteiger partial charge in [-0.2, -0.15) is 0 Å². The Morgan fingerprint density at radius 2 is 1.58 bits per heavy atom. The predicted molar refractivity (Wildman–Crippen MR) is 139 cm³/mol. The number of likely N-dealkylation sites (tertiary alicyclic amines) is 1. The molecule has 0 radical (unpaired) electrons. The van der Waals surface area contributed by atoms with Crippen molar-refractivity contribution in [2.75, 3.05) is 33.4 Å². The van der Waals surface area contributed by atoms with Gasteiger partial charge in [-0.25, -0.2) is 13.6 Å². The minimum atomic E-state index is -4.27. The molecule has 11 nitrogen and oxygen atoms in total. The lowest BCUT2D eigenvalue weighted by Crippen LogP contribution is -2.32. The second-order valence-corrected chi connectivity index (χ2v) is 11.5. The number of rotatable bonds is 14. The van der Waals surface area contributed by atoms with Gasteiger partial charge in [-0.15, -0.1) is 0 Å². The number of ether oxygens (including phenoxy) is 2. The number of nitrogens with two attached hydrogens (primary N) is 2. The zero-order valence-electron chi connectivity index (χ0n) is 21.7. The Balaban J connectivity index is 1.35. The smallest absolute Gasteiger partial charge is 0.437 e. The molecule has 1 saturated carbocycles. The van der Waals surface area contributed by atoms with Gasteiger partial charge in [0, 0.05) is 18.5 Å². The molecule has 12 heteroatoms.